The summed E-state index contributed by atoms with van der Waals surface area (Å²) in [5.74, 6) is 6.92. The van der Waals surface area contributed by atoms with Crippen LogP contribution in [0, 0.1) is 20.8 Å². The molecular formula is C55H62N6O10. The summed E-state index contributed by atoms with van der Waals surface area (Å²) >= 11 is 0. The number of likely N-dealkylation sites (tertiary alicyclic amines) is 2. The molecule has 0 bridgehead atoms. The molecule has 7 heterocycles. The van der Waals surface area contributed by atoms with E-state index in [1.54, 1.807) is 6.92 Å². The number of aliphatic hydroxyl groups is 2. The minimum Gasteiger partial charge on any atom is -0.490 e. The van der Waals surface area contributed by atoms with E-state index in [-0.39, 0.29) is 19.1 Å². The molecule has 2 saturated heterocycles. The standard InChI is InChI=1S/C28H31N3O6.C27H31N3O4/c1-17(2)27-29-30-28(37-27)26-13-21-22(4-3-5-23(21)36-26)33-15-20(32)14-31-10-8-18(9-11-31)19-6-7-24-25(12-19)35-16-34-24;1-17-7-8-22(18(2)13-17)20-9-11-30(12-10-20)15-21(31)16-32-24-5-4-6-25-23(24)14-26(34-25)27-29-28-19(3)33-27/h3-7,12-13,17-18,20,32H,8-11,14-16H2,1-2H3;4-8,13-14,20-21,31H,9-12,15-16H2,1-3H3. The van der Waals surface area contributed by atoms with Crippen molar-refractivity contribution in [1.82, 2.24) is 30.2 Å². The Hall–Kier alpha value is -6.72. The van der Waals surface area contributed by atoms with Gasteiger partial charge in [0.15, 0.2) is 23.0 Å². The second-order valence-corrected chi connectivity index (χ2v) is 19.3. The molecule has 16 nitrogen and oxygen atoms in total. The number of rotatable bonds is 15. The third-order valence-corrected chi connectivity index (χ3v) is 13.6. The summed E-state index contributed by atoms with van der Waals surface area (Å²) in [4.78, 5) is 4.64. The number of ether oxygens (including phenoxy) is 4. The zero-order chi connectivity index (χ0) is 49.0. The van der Waals surface area contributed by atoms with Gasteiger partial charge in [-0.25, -0.2) is 0 Å². The minimum absolute atomic E-state index is 0.139. The largest absolute Gasteiger partial charge is 0.490 e. The number of hydrogen-bond acceptors (Lipinski definition) is 16. The Bertz CT molecular complexity index is 3050. The Labute approximate surface area is 412 Å². The number of piperidine rings is 2. The number of benzene rings is 4. The number of aromatic nitrogens is 4. The molecule has 4 aromatic carbocycles. The van der Waals surface area contributed by atoms with Crippen molar-refractivity contribution in [3.63, 3.8) is 0 Å². The summed E-state index contributed by atoms with van der Waals surface area (Å²) in [6.45, 7) is 15.8. The fraction of sp³-hybridized carbons (Fsp3) is 0.418. The quantitative estimate of drug-likeness (QED) is 0.0987. The highest BCUT2D eigenvalue weighted by atomic mass is 16.7. The average molecular weight is 967 g/mol. The van der Waals surface area contributed by atoms with Crippen LogP contribution in [0.5, 0.6) is 23.0 Å². The van der Waals surface area contributed by atoms with E-state index < -0.39 is 12.2 Å². The van der Waals surface area contributed by atoms with E-state index >= 15 is 0 Å². The highest BCUT2D eigenvalue weighted by Gasteiger charge is 2.27. The van der Waals surface area contributed by atoms with Gasteiger partial charge in [0.1, 0.15) is 48.1 Å². The second-order valence-electron chi connectivity index (χ2n) is 19.3. The first kappa shape index (κ1) is 47.9. The Balaban J connectivity index is 0.000000165. The van der Waals surface area contributed by atoms with Crippen LogP contribution in [0.2, 0.25) is 0 Å². The predicted octanol–water partition coefficient (Wildman–Crippen LogP) is 9.98. The molecule has 0 radical (unpaired) electrons. The number of hydrogen-bond donors (Lipinski definition) is 2. The number of aliphatic hydroxyl groups excluding tert-OH is 2. The van der Waals surface area contributed by atoms with Gasteiger partial charge in [0.05, 0.1) is 10.8 Å². The van der Waals surface area contributed by atoms with Crippen molar-refractivity contribution in [3.8, 4) is 46.3 Å². The third kappa shape index (κ3) is 11.3. The molecule has 0 aliphatic carbocycles. The Morgan fingerprint density at radius 3 is 1.75 bits per heavy atom. The molecule has 2 fully saturated rings. The minimum atomic E-state index is -0.603. The van der Waals surface area contributed by atoms with Crippen molar-refractivity contribution in [1.29, 1.82) is 0 Å². The van der Waals surface area contributed by atoms with Crippen molar-refractivity contribution >= 4 is 21.9 Å². The maximum absolute atomic E-state index is 10.7. The first-order valence-corrected chi connectivity index (χ1v) is 24.7. The lowest BCUT2D eigenvalue weighted by molar-refractivity contribution is 0.0598. The van der Waals surface area contributed by atoms with Crippen molar-refractivity contribution in [2.45, 2.75) is 90.3 Å². The molecule has 2 N–H and O–H groups in total. The van der Waals surface area contributed by atoms with E-state index in [1.165, 1.54) is 22.3 Å². The molecule has 2 atom stereocenters. The van der Waals surface area contributed by atoms with Crippen molar-refractivity contribution in [3.05, 3.63) is 119 Å². The van der Waals surface area contributed by atoms with Gasteiger partial charge in [-0.05, 0) is 131 Å². The van der Waals surface area contributed by atoms with Crippen LogP contribution in [0.4, 0.5) is 0 Å². The van der Waals surface area contributed by atoms with Crippen LogP contribution in [0.3, 0.4) is 0 Å². The van der Waals surface area contributed by atoms with E-state index in [4.69, 9.17) is 36.6 Å². The smallest absolute Gasteiger partial charge is 0.283 e. The Morgan fingerprint density at radius 1 is 0.606 bits per heavy atom. The summed E-state index contributed by atoms with van der Waals surface area (Å²) in [5, 5.41) is 39.0. The molecule has 8 aromatic rings. The van der Waals surface area contributed by atoms with Crippen LogP contribution in [-0.4, -0.2) is 112 Å². The lowest BCUT2D eigenvalue weighted by Gasteiger charge is -2.34. The lowest BCUT2D eigenvalue weighted by Crippen LogP contribution is -2.40. The molecule has 4 aromatic heterocycles. The van der Waals surface area contributed by atoms with Crippen molar-refractivity contribution in [2.24, 2.45) is 0 Å². The van der Waals surface area contributed by atoms with Gasteiger partial charge in [-0.3, -0.25) is 0 Å². The highest BCUT2D eigenvalue weighted by molar-refractivity contribution is 5.88. The number of aryl methyl sites for hydroxylation is 3. The monoisotopic (exact) mass is 966 g/mol. The fourth-order valence-corrected chi connectivity index (χ4v) is 9.89. The Kier molecular flexibility index (Phi) is 14.4. The maximum Gasteiger partial charge on any atom is 0.283 e. The van der Waals surface area contributed by atoms with Gasteiger partial charge in [-0.15, -0.1) is 20.4 Å². The molecule has 0 spiro atoms. The van der Waals surface area contributed by atoms with Crippen LogP contribution in [0.25, 0.3) is 45.2 Å². The van der Waals surface area contributed by atoms with Crippen molar-refractivity contribution in [2.75, 3.05) is 59.3 Å². The number of β-amino-alcohol motifs (C(OH)–C–C–N with tert-alkyl or cyclic N) is 2. The maximum atomic E-state index is 10.7. The van der Waals surface area contributed by atoms with E-state index in [2.05, 4.69) is 74.4 Å². The normalized spacial score (nSPS) is 16.7. The van der Waals surface area contributed by atoms with E-state index in [0.717, 1.165) is 74.1 Å². The average Bonchev–Trinajstić information content (AvgIpc) is 4.24. The zero-order valence-electron chi connectivity index (χ0n) is 41.0. The van der Waals surface area contributed by atoms with Gasteiger partial charge >= 0.3 is 0 Å². The summed E-state index contributed by atoms with van der Waals surface area (Å²) in [6, 6.07) is 27.9. The molecule has 372 valence electrons. The van der Waals surface area contributed by atoms with Gasteiger partial charge in [0.2, 0.25) is 18.6 Å². The van der Waals surface area contributed by atoms with Gasteiger partial charge in [0, 0.05) is 38.1 Å². The molecule has 0 amide bonds. The molecule has 3 aliphatic rings. The van der Waals surface area contributed by atoms with Crippen LogP contribution in [0.1, 0.15) is 91.3 Å². The summed E-state index contributed by atoms with van der Waals surface area (Å²) < 4.78 is 45.9. The molecule has 16 heteroatoms. The zero-order valence-corrected chi connectivity index (χ0v) is 41.0. The molecule has 3 aliphatic heterocycles. The number of fused-ring (bicyclic) bond motifs is 3. The third-order valence-electron chi connectivity index (χ3n) is 13.6. The van der Waals surface area contributed by atoms with E-state index in [0.29, 0.717) is 89.5 Å². The SMILES string of the molecule is CC(C)c1nnc(-c2cc3c(OCC(O)CN4CCC(c5ccc6c(c5)OCO6)CC4)cccc3o2)o1.Cc1ccc(C2CCN(CC(O)COc3cccc4oc(-c5nnc(C)o5)cc34)CC2)c(C)c1. The lowest BCUT2D eigenvalue weighted by atomic mass is 9.86. The Morgan fingerprint density at radius 2 is 1.18 bits per heavy atom. The van der Waals surface area contributed by atoms with Gasteiger partial charge < -0.3 is 56.6 Å². The number of furan rings is 2. The first-order chi connectivity index (χ1) is 34.5. The second kappa shape index (κ2) is 21.3. The summed E-state index contributed by atoms with van der Waals surface area (Å²) in [7, 11) is 0. The van der Waals surface area contributed by atoms with Crippen molar-refractivity contribution < 1.29 is 46.8 Å². The fourth-order valence-electron chi connectivity index (χ4n) is 9.89. The molecule has 11 rings (SSSR count). The highest BCUT2D eigenvalue weighted by Crippen LogP contribution is 2.39. The first-order valence-electron chi connectivity index (χ1n) is 24.7. The topological polar surface area (TPSA) is 188 Å². The van der Waals surface area contributed by atoms with E-state index in [9.17, 15) is 10.2 Å². The van der Waals surface area contributed by atoms with E-state index in [1.807, 2.05) is 68.4 Å². The van der Waals surface area contributed by atoms with Crippen LogP contribution in [0.15, 0.2) is 103 Å². The predicted molar refractivity (Wildman–Crippen MR) is 266 cm³/mol. The van der Waals surface area contributed by atoms with Crippen LogP contribution >= 0.6 is 0 Å². The summed E-state index contributed by atoms with van der Waals surface area (Å²) in [6.07, 6.45) is 3.14. The van der Waals surface area contributed by atoms with Gasteiger partial charge in [-0.1, -0.05) is 55.8 Å². The molecule has 2 unspecified atom stereocenters. The number of nitrogens with zero attached hydrogens (tertiary/aromatic N) is 6. The molecular weight excluding hydrogens is 905 g/mol. The van der Waals surface area contributed by atoms with Crippen LogP contribution in [-0.2, 0) is 0 Å². The van der Waals surface area contributed by atoms with Crippen LogP contribution < -0.4 is 18.9 Å². The molecule has 71 heavy (non-hydrogen) atoms. The summed E-state index contributed by atoms with van der Waals surface area (Å²) in [5.41, 5.74) is 6.80. The van der Waals surface area contributed by atoms with Gasteiger partial charge in [0.25, 0.3) is 11.8 Å². The van der Waals surface area contributed by atoms with Gasteiger partial charge in [-0.2, -0.15) is 0 Å². The molecule has 0 saturated carbocycles.